The number of pyridine rings is 1. The fraction of sp³-hybridized carbons (Fsp3) is 0.143. The van der Waals surface area contributed by atoms with Gasteiger partial charge in [0.2, 0.25) is 6.41 Å². The van der Waals surface area contributed by atoms with Gasteiger partial charge >= 0.3 is 0 Å². The second-order valence-corrected chi connectivity index (χ2v) is 3.09. The second-order valence-electron chi connectivity index (χ2n) is 2.17. The molecular weight excluding hydrogens is 222 g/mol. The third-order valence-corrected chi connectivity index (χ3v) is 1.81. The molecule has 0 aliphatic heterocycles. The molecule has 0 aliphatic rings. The van der Waals surface area contributed by atoms with E-state index in [1.165, 1.54) is 0 Å². The molecule has 0 saturated heterocycles. The summed E-state index contributed by atoms with van der Waals surface area (Å²) in [7, 11) is 1.84. The fourth-order valence-corrected chi connectivity index (χ4v) is 1.06. The summed E-state index contributed by atoms with van der Waals surface area (Å²) in [5.41, 5.74) is 2.91. The zero-order valence-electron chi connectivity index (χ0n) is 6.49. The summed E-state index contributed by atoms with van der Waals surface area (Å²) in [6, 6.07) is 3.69. The van der Waals surface area contributed by atoms with Gasteiger partial charge in [-0.15, -0.1) is 0 Å². The topological polar surface area (TPSA) is 46.4 Å². The Bertz CT molecular complexity index is 345. The number of nitrogens with zero attached hydrogens (tertiary/aromatic N) is 2. The minimum absolute atomic E-state index is 0.529. The quantitative estimate of drug-likeness (QED) is 0.578. The van der Waals surface area contributed by atoms with Crippen molar-refractivity contribution in [3.63, 3.8) is 0 Å². The number of hydrogen-bond acceptors (Lipinski definition) is 2. The van der Waals surface area contributed by atoms with Crippen LogP contribution >= 0.6 is 15.9 Å². The maximum Gasteiger partial charge on any atom is 0.227 e. The van der Waals surface area contributed by atoms with Crippen LogP contribution in [0.5, 0.6) is 0 Å². The molecule has 0 spiro atoms. The maximum absolute atomic E-state index is 9.95. The molecule has 1 aromatic heterocycles. The van der Waals surface area contributed by atoms with Gasteiger partial charge in [0.15, 0.2) is 5.49 Å². The lowest BCUT2D eigenvalue weighted by atomic mass is 10.5. The highest BCUT2D eigenvalue weighted by atomic mass is 79.9. The van der Waals surface area contributed by atoms with Crippen molar-refractivity contribution in [3.8, 4) is 0 Å². The molecule has 0 fully saturated rings. The minimum Gasteiger partial charge on any atom is -0.335 e. The van der Waals surface area contributed by atoms with E-state index >= 15 is 0 Å². The first-order valence-electron chi connectivity index (χ1n) is 3.29. The molecule has 0 atom stereocenters. The first-order valence-corrected chi connectivity index (χ1v) is 4.08. The maximum atomic E-state index is 9.95. The monoisotopic (exact) mass is 229 g/mol. The van der Waals surface area contributed by atoms with Crippen LogP contribution in [0.25, 0.3) is 0 Å². The summed E-state index contributed by atoms with van der Waals surface area (Å²) in [6.45, 7) is 0. The van der Waals surface area contributed by atoms with Crippen LogP contribution < -0.4 is 10.9 Å². The van der Waals surface area contributed by atoms with Gasteiger partial charge in [0.25, 0.3) is 0 Å². The molecule has 0 aliphatic carbocycles. The Morgan fingerprint density at radius 2 is 2.50 bits per heavy atom. The van der Waals surface area contributed by atoms with Crippen LogP contribution in [0.1, 0.15) is 0 Å². The number of aromatic nitrogens is 1. The molecule has 1 heterocycles. The van der Waals surface area contributed by atoms with E-state index in [2.05, 4.69) is 26.5 Å². The molecule has 1 rings (SSSR count). The number of aryl methyl sites for hydroxylation is 1. The third-order valence-electron chi connectivity index (χ3n) is 1.32. The Hall–Kier alpha value is -1.10. The van der Waals surface area contributed by atoms with E-state index in [0.717, 1.165) is 4.47 Å². The van der Waals surface area contributed by atoms with Crippen molar-refractivity contribution in [1.82, 2.24) is 9.99 Å². The molecule has 64 valence electrons. The van der Waals surface area contributed by atoms with Crippen LogP contribution in [-0.4, -0.2) is 11.0 Å². The Kier molecular flexibility index (Phi) is 3.04. The van der Waals surface area contributed by atoms with Gasteiger partial charge in [0.05, 0.1) is 0 Å². The van der Waals surface area contributed by atoms with E-state index < -0.39 is 0 Å². The molecular formula is C7H8BrN3O. The number of nitrogens with one attached hydrogen (secondary N) is 1. The van der Waals surface area contributed by atoms with E-state index in [9.17, 15) is 4.79 Å². The molecule has 1 aromatic rings. The molecule has 0 unspecified atom stereocenters. The molecule has 5 heteroatoms. The standard InChI is InChI=1S/C7H8BrN3O/c1-11-3-2-6(8)4-7(11)10-9-5-12/h2-5H,1H3,(H,9,12)/b10-7-. The predicted octanol–water partition coefficient (Wildman–Crippen LogP) is 0.349. The molecule has 0 saturated carbocycles. The van der Waals surface area contributed by atoms with E-state index in [0.29, 0.717) is 11.9 Å². The second kappa shape index (κ2) is 4.06. The Balaban J connectivity index is 3.12. The zero-order valence-corrected chi connectivity index (χ0v) is 8.08. The predicted molar refractivity (Wildman–Crippen MR) is 47.9 cm³/mol. The number of hydrogen-bond donors (Lipinski definition) is 1. The molecule has 0 aromatic carbocycles. The third kappa shape index (κ3) is 2.20. The molecule has 4 nitrogen and oxygen atoms in total. The van der Waals surface area contributed by atoms with Crippen LogP contribution in [0.15, 0.2) is 27.9 Å². The number of carbonyl (C=O) groups is 1. The number of halogens is 1. The van der Waals surface area contributed by atoms with Crippen LogP contribution in [-0.2, 0) is 11.8 Å². The Labute approximate surface area is 78.0 Å². The van der Waals surface area contributed by atoms with Gasteiger partial charge in [-0.1, -0.05) is 15.9 Å². The highest BCUT2D eigenvalue weighted by Crippen LogP contribution is 2.02. The van der Waals surface area contributed by atoms with E-state index in [1.807, 2.05) is 19.3 Å². The van der Waals surface area contributed by atoms with E-state index in [-0.39, 0.29) is 0 Å². The number of amides is 1. The average Bonchev–Trinajstić information content (AvgIpc) is 2.07. The summed E-state index contributed by atoms with van der Waals surface area (Å²) >= 11 is 3.30. The van der Waals surface area contributed by atoms with Gasteiger partial charge in [0.1, 0.15) is 0 Å². The summed E-state index contributed by atoms with van der Waals surface area (Å²) in [5.74, 6) is 0. The van der Waals surface area contributed by atoms with E-state index in [4.69, 9.17) is 0 Å². The SMILES string of the molecule is Cn1ccc(Br)c/c1=N/NC=O. The minimum atomic E-state index is 0.529. The number of carbonyl (C=O) groups excluding carboxylic acids is 1. The van der Waals surface area contributed by atoms with Crippen molar-refractivity contribution >= 4 is 22.3 Å². The van der Waals surface area contributed by atoms with Gasteiger partial charge in [-0.05, 0) is 12.1 Å². The largest absolute Gasteiger partial charge is 0.335 e. The van der Waals surface area contributed by atoms with Gasteiger partial charge in [-0.25, -0.2) is 5.43 Å². The van der Waals surface area contributed by atoms with Crippen molar-refractivity contribution in [2.45, 2.75) is 0 Å². The van der Waals surface area contributed by atoms with Crippen LogP contribution in [0, 0.1) is 0 Å². The lowest BCUT2D eigenvalue weighted by molar-refractivity contribution is -0.109. The van der Waals surface area contributed by atoms with Crippen molar-refractivity contribution in [2.24, 2.45) is 12.1 Å². The molecule has 12 heavy (non-hydrogen) atoms. The highest BCUT2D eigenvalue weighted by Gasteiger charge is 1.88. The lowest BCUT2D eigenvalue weighted by Gasteiger charge is -1.98. The first kappa shape index (κ1) is 8.99. The summed E-state index contributed by atoms with van der Waals surface area (Å²) < 4.78 is 2.72. The van der Waals surface area contributed by atoms with Gasteiger partial charge in [-0.3, -0.25) is 4.79 Å². The van der Waals surface area contributed by atoms with Crippen molar-refractivity contribution in [1.29, 1.82) is 0 Å². The lowest BCUT2D eigenvalue weighted by Crippen LogP contribution is -2.20. The summed E-state index contributed by atoms with van der Waals surface area (Å²) in [5, 5.41) is 3.80. The highest BCUT2D eigenvalue weighted by molar-refractivity contribution is 9.10. The Morgan fingerprint density at radius 3 is 3.17 bits per heavy atom. The molecule has 0 radical (unpaired) electrons. The fourth-order valence-electron chi connectivity index (χ4n) is 0.736. The molecule has 1 amide bonds. The average molecular weight is 230 g/mol. The smallest absolute Gasteiger partial charge is 0.227 e. The number of rotatable bonds is 2. The van der Waals surface area contributed by atoms with Gasteiger partial charge in [-0.2, -0.15) is 5.10 Å². The van der Waals surface area contributed by atoms with Crippen LogP contribution in [0.4, 0.5) is 0 Å². The van der Waals surface area contributed by atoms with Gasteiger partial charge in [0, 0.05) is 17.7 Å². The van der Waals surface area contributed by atoms with Crippen LogP contribution in [0.3, 0.4) is 0 Å². The normalized spacial score (nSPS) is 11.3. The van der Waals surface area contributed by atoms with Crippen molar-refractivity contribution in [3.05, 3.63) is 28.3 Å². The van der Waals surface area contributed by atoms with E-state index in [1.54, 1.807) is 10.6 Å². The zero-order chi connectivity index (χ0) is 8.97. The van der Waals surface area contributed by atoms with Crippen molar-refractivity contribution in [2.75, 3.05) is 0 Å². The molecule has 1 N–H and O–H groups in total. The summed E-state index contributed by atoms with van der Waals surface area (Å²) in [4.78, 5) is 9.95. The first-order chi connectivity index (χ1) is 5.74. The van der Waals surface area contributed by atoms with Gasteiger partial charge < -0.3 is 4.57 Å². The Morgan fingerprint density at radius 1 is 1.75 bits per heavy atom. The van der Waals surface area contributed by atoms with Crippen LogP contribution in [0.2, 0.25) is 0 Å². The van der Waals surface area contributed by atoms with Crippen molar-refractivity contribution < 1.29 is 4.79 Å². The summed E-state index contributed by atoms with van der Waals surface area (Å²) in [6.07, 6.45) is 2.37. The molecule has 0 bridgehead atoms.